The van der Waals surface area contributed by atoms with Crippen molar-refractivity contribution in [3.05, 3.63) is 38.8 Å². The van der Waals surface area contributed by atoms with Gasteiger partial charge in [0.25, 0.3) is 0 Å². The first-order valence-electron chi connectivity index (χ1n) is 9.76. The zero-order valence-corrected chi connectivity index (χ0v) is 17.7. The molecule has 27 heavy (non-hydrogen) atoms. The van der Waals surface area contributed by atoms with Crippen LogP contribution in [0.1, 0.15) is 36.3 Å². The van der Waals surface area contributed by atoms with Crippen molar-refractivity contribution >= 4 is 45.4 Å². The Kier molecular flexibility index (Phi) is 6.12. The van der Waals surface area contributed by atoms with Crippen molar-refractivity contribution in [2.24, 2.45) is 5.92 Å². The number of thiazole rings is 1. The summed E-state index contributed by atoms with van der Waals surface area (Å²) < 4.78 is 0. The smallest absolute Gasteiger partial charge is 0.180 e. The van der Waals surface area contributed by atoms with Crippen LogP contribution < -0.4 is 16.0 Å². The molecule has 2 aliphatic rings. The Labute approximate surface area is 175 Å². The van der Waals surface area contributed by atoms with E-state index in [1.165, 1.54) is 36.3 Å². The Morgan fingerprint density at radius 1 is 1.22 bits per heavy atom. The van der Waals surface area contributed by atoms with E-state index < -0.39 is 0 Å². The summed E-state index contributed by atoms with van der Waals surface area (Å²) in [5.41, 5.74) is 8.14. The lowest BCUT2D eigenvalue weighted by Crippen LogP contribution is -2.37. The number of aromatic nitrogens is 1. The van der Waals surface area contributed by atoms with Gasteiger partial charge in [-0.1, -0.05) is 29.3 Å². The molecule has 3 N–H and O–H groups in total. The second-order valence-electron chi connectivity index (χ2n) is 7.61. The van der Waals surface area contributed by atoms with Crippen LogP contribution in [0.4, 0.5) is 10.8 Å². The van der Waals surface area contributed by atoms with Gasteiger partial charge in [-0.05, 0) is 63.1 Å². The van der Waals surface area contributed by atoms with Gasteiger partial charge in [-0.2, -0.15) is 0 Å². The summed E-state index contributed by atoms with van der Waals surface area (Å²) in [4.78, 5) is 8.18. The number of nitrogens with two attached hydrogens (primary N) is 1. The minimum Gasteiger partial charge on any atom is -0.375 e. The number of rotatable bonds is 5. The van der Waals surface area contributed by atoms with Crippen molar-refractivity contribution in [2.45, 2.75) is 44.6 Å². The molecule has 1 aliphatic heterocycles. The maximum absolute atomic E-state index is 6.37. The predicted octanol–water partition coefficient (Wildman–Crippen LogP) is 4.79. The van der Waals surface area contributed by atoms with Crippen LogP contribution >= 0.6 is 34.5 Å². The third-order valence-electron chi connectivity index (χ3n) is 5.83. The summed E-state index contributed by atoms with van der Waals surface area (Å²) in [6.07, 6.45) is 6.97. The molecule has 0 amide bonds. The fourth-order valence-corrected chi connectivity index (χ4v) is 5.63. The molecule has 0 unspecified atom stereocenters. The maximum atomic E-state index is 6.37. The van der Waals surface area contributed by atoms with Crippen molar-refractivity contribution in [3.8, 4) is 0 Å². The van der Waals surface area contributed by atoms with E-state index in [2.05, 4.69) is 21.3 Å². The second-order valence-corrected chi connectivity index (χ2v) is 9.51. The van der Waals surface area contributed by atoms with E-state index in [0.717, 1.165) is 44.1 Å². The van der Waals surface area contributed by atoms with Crippen LogP contribution in [0.2, 0.25) is 10.0 Å². The highest BCUT2D eigenvalue weighted by molar-refractivity contribution is 7.15. The van der Waals surface area contributed by atoms with Gasteiger partial charge in [-0.3, -0.25) is 0 Å². The number of nitrogen functional groups attached to an aromatic ring is 1. The molecule has 0 bridgehead atoms. The van der Waals surface area contributed by atoms with Crippen LogP contribution in [0, 0.1) is 5.92 Å². The summed E-state index contributed by atoms with van der Waals surface area (Å²) in [5.74, 6) is 0.782. The molecule has 1 fully saturated rings. The van der Waals surface area contributed by atoms with Gasteiger partial charge in [0.2, 0.25) is 0 Å². The first kappa shape index (κ1) is 19.3. The van der Waals surface area contributed by atoms with Crippen molar-refractivity contribution in [2.75, 3.05) is 30.3 Å². The highest BCUT2D eigenvalue weighted by Crippen LogP contribution is 2.35. The molecule has 1 aliphatic carbocycles. The average Bonchev–Trinajstić information content (AvgIpc) is 3.04. The number of aryl methyl sites for hydroxylation is 1. The average molecular weight is 425 g/mol. The monoisotopic (exact) mass is 424 g/mol. The van der Waals surface area contributed by atoms with Gasteiger partial charge in [0.05, 0.1) is 21.4 Å². The largest absolute Gasteiger partial charge is 0.375 e. The molecule has 1 aromatic carbocycles. The van der Waals surface area contributed by atoms with Gasteiger partial charge >= 0.3 is 0 Å². The number of piperidine rings is 1. The molecule has 0 saturated carbocycles. The summed E-state index contributed by atoms with van der Waals surface area (Å²) in [5, 5.41) is 5.80. The molecular formula is C20H26Cl2N4S. The second kappa shape index (κ2) is 8.56. The molecule has 1 aromatic heterocycles. The lowest BCUT2D eigenvalue weighted by molar-refractivity contribution is 0.356. The van der Waals surface area contributed by atoms with E-state index in [1.807, 2.05) is 12.1 Å². The minimum absolute atomic E-state index is 0.572. The van der Waals surface area contributed by atoms with E-state index in [0.29, 0.717) is 21.2 Å². The SMILES string of the molecule is Nc1nc2c(s1)C[C@@H](NCCC1CCN(c3cccc(Cl)c3Cl)CC1)CC2. The van der Waals surface area contributed by atoms with Crippen molar-refractivity contribution < 1.29 is 0 Å². The van der Waals surface area contributed by atoms with Gasteiger partial charge in [0.1, 0.15) is 0 Å². The Balaban J connectivity index is 1.21. The van der Waals surface area contributed by atoms with Gasteiger partial charge in [0.15, 0.2) is 5.13 Å². The standard InChI is InChI=1S/C20H26Cl2N4S/c21-15-2-1-3-17(19(15)22)26-10-7-13(8-11-26)6-9-24-14-4-5-16-18(12-14)27-20(23)25-16/h1-3,13-14,24H,4-12H2,(H2,23,25)/t14-/m0/s1. The Hall–Kier alpha value is -1.01. The first-order chi connectivity index (χ1) is 13.1. The molecule has 2 aromatic rings. The van der Waals surface area contributed by atoms with Gasteiger partial charge in [-0.25, -0.2) is 4.98 Å². The van der Waals surface area contributed by atoms with Crippen LogP contribution in [0.3, 0.4) is 0 Å². The van der Waals surface area contributed by atoms with Crippen molar-refractivity contribution in [1.82, 2.24) is 10.3 Å². The molecule has 1 saturated heterocycles. The zero-order valence-electron chi connectivity index (χ0n) is 15.4. The highest BCUT2D eigenvalue weighted by Gasteiger charge is 2.24. The van der Waals surface area contributed by atoms with Crippen LogP contribution in [-0.2, 0) is 12.8 Å². The van der Waals surface area contributed by atoms with Crippen LogP contribution in [0.25, 0.3) is 0 Å². The van der Waals surface area contributed by atoms with Crippen LogP contribution in [0.15, 0.2) is 18.2 Å². The molecule has 4 rings (SSSR count). The Bertz CT molecular complexity index is 786. The number of hydrogen-bond acceptors (Lipinski definition) is 5. The number of benzene rings is 1. The molecule has 2 heterocycles. The van der Waals surface area contributed by atoms with Crippen molar-refractivity contribution in [3.63, 3.8) is 0 Å². The molecule has 1 atom stereocenters. The van der Waals surface area contributed by atoms with Gasteiger partial charge in [0, 0.05) is 24.0 Å². The summed E-state index contributed by atoms with van der Waals surface area (Å²) in [7, 11) is 0. The zero-order chi connectivity index (χ0) is 18.8. The summed E-state index contributed by atoms with van der Waals surface area (Å²) >= 11 is 14.2. The molecule has 0 spiro atoms. The molecule has 0 radical (unpaired) electrons. The Morgan fingerprint density at radius 3 is 2.85 bits per heavy atom. The van der Waals surface area contributed by atoms with Crippen molar-refractivity contribution in [1.29, 1.82) is 0 Å². The minimum atomic E-state index is 0.572. The summed E-state index contributed by atoms with van der Waals surface area (Å²) in [6, 6.07) is 6.47. The topological polar surface area (TPSA) is 54.2 Å². The van der Waals surface area contributed by atoms with E-state index >= 15 is 0 Å². The van der Waals surface area contributed by atoms with E-state index in [9.17, 15) is 0 Å². The molecular weight excluding hydrogens is 399 g/mol. The lowest BCUT2D eigenvalue weighted by Gasteiger charge is -2.34. The number of fused-ring (bicyclic) bond motifs is 1. The molecule has 146 valence electrons. The van der Waals surface area contributed by atoms with Crippen LogP contribution in [0.5, 0.6) is 0 Å². The number of nitrogens with one attached hydrogen (secondary N) is 1. The van der Waals surface area contributed by atoms with Gasteiger partial charge < -0.3 is 16.0 Å². The number of hydrogen-bond donors (Lipinski definition) is 2. The first-order valence-corrected chi connectivity index (χ1v) is 11.3. The normalized spacial score (nSPS) is 20.7. The number of anilines is 2. The number of halogens is 2. The molecule has 4 nitrogen and oxygen atoms in total. The third kappa shape index (κ3) is 4.53. The fourth-order valence-electron chi connectivity index (χ4n) is 4.26. The number of nitrogens with zero attached hydrogens (tertiary/aromatic N) is 2. The fraction of sp³-hybridized carbons (Fsp3) is 0.550. The lowest BCUT2D eigenvalue weighted by atomic mass is 9.92. The quantitative estimate of drug-likeness (QED) is 0.724. The van der Waals surface area contributed by atoms with E-state index in [4.69, 9.17) is 28.9 Å². The third-order valence-corrected chi connectivity index (χ3v) is 7.59. The predicted molar refractivity (Wildman–Crippen MR) is 116 cm³/mol. The highest BCUT2D eigenvalue weighted by atomic mass is 35.5. The van der Waals surface area contributed by atoms with Gasteiger partial charge in [-0.15, -0.1) is 11.3 Å². The van der Waals surface area contributed by atoms with Crippen LogP contribution in [-0.4, -0.2) is 30.7 Å². The maximum Gasteiger partial charge on any atom is 0.180 e. The Morgan fingerprint density at radius 2 is 2.04 bits per heavy atom. The van der Waals surface area contributed by atoms with E-state index in [-0.39, 0.29) is 0 Å². The summed E-state index contributed by atoms with van der Waals surface area (Å²) in [6.45, 7) is 3.20. The molecule has 7 heteroatoms. The van der Waals surface area contributed by atoms with E-state index in [1.54, 1.807) is 11.3 Å².